The van der Waals surface area contributed by atoms with Gasteiger partial charge in [0.1, 0.15) is 5.69 Å². The number of hydrogen-bond acceptors (Lipinski definition) is 3. The summed E-state index contributed by atoms with van der Waals surface area (Å²) in [4.78, 5) is 2.32. The highest BCUT2D eigenvalue weighted by atomic mass is 15.4. The van der Waals surface area contributed by atoms with Gasteiger partial charge in [0.05, 0.1) is 5.69 Å². The molecule has 0 atom stereocenters. The lowest BCUT2D eigenvalue weighted by Gasteiger charge is -2.28. The number of fused-ring (bicyclic) bond motifs is 5. The largest absolute Gasteiger partial charge is 0.370 e. The third kappa shape index (κ3) is 3.53. The highest BCUT2D eigenvalue weighted by Crippen LogP contribution is 2.40. The van der Waals surface area contributed by atoms with Crippen LogP contribution in [0.5, 0.6) is 0 Å². The van der Waals surface area contributed by atoms with Gasteiger partial charge in [0.15, 0.2) is 0 Å². The molecule has 0 bridgehead atoms. The van der Waals surface area contributed by atoms with Crippen LogP contribution in [0.25, 0.3) is 16.8 Å². The number of likely N-dealkylation sites (N-methyl/N-ethyl adjacent to an activating group) is 1. The molecule has 0 saturated carbocycles. The molecule has 0 fully saturated rings. The van der Waals surface area contributed by atoms with Gasteiger partial charge in [-0.3, -0.25) is 0 Å². The van der Waals surface area contributed by atoms with Crippen molar-refractivity contribution in [3.05, 3.63) is 47.7 Å². The van der Waals surface area contributed by atoms with Crippen LogP contribution in [0.4, 0.5) is 5.69 Å². The van der Waals surface area contributed by atoms with E-state index in [9.17, 15) is 0 Å². The molecule has 2 aliphatic rings. The monoisotopic (exact) mass is 338 g/mol. The van der Waals surface area contributed by atoms with E-state index in [1.807, 2.05) is 39.4 Å². The number of para-hydroxylation sites is 1. The number of nitrogens with zero attached hydrogens (tertiary/aromatic N) is 4. The van der Waals surface area contributed by atoms with E-state index in [-0.39, 0.29) is 0 Å². The molecule has 4 rings (SSSR count). The summed E-state index contributed by atoms with van der Waals surface area (Å²) in [5.41, 5.74) is 7.17. The van der Waals surface area contributed by atoms with Crippen LogP contribution in [-0.2, 0) is 7.05 Å². The Balaban J connectivity index is 0.000000528. The van der Waals surface area contributed by atoms with Gasteiger partial charge in [0, 0.05) is 37.5 Å². The summed E-state index contributed by atoms with van der Waals surface area (Å²) in [7, 11) is 4.12. The Morgan fingerprint density at radius 1 is 0.920 bits per heavy atom. The molecule has 0 spiro atoms. The van der Waals surface area contributed by atoms with Crippen LogP contribution in [-0.4, -0.2) is 28.6 Å². The maximum atomic E-state index is 4.45. The molecule has 1 aliphatic heterocycles. The minimum atomic E-state index is 0.916. The summed E-state index contributed by atoms with van der Waals surface area (Å²) in [6.45, 7) is 8.92. The molecule has 0 saturated heterocycles. The topological polar surface area (TPSA) is 34.0 Å². The fraction of sp³-hybridized carbons (Fsp3) is 0.429. The van der Waals surface area contributed by atoms with Crippen LogP contribution in [0.1, 0.15) is 46.2 Å². The first-order chi connectivity index (χ1) is 12.3. The molecule has 2 heterocycles. The van der Waals surface area contributed by atoms with Crippen molar-refractivity contribution >= 4 is 11.3 Å². The van der Waals surface area contributed by atoms with Crippen molar-refractivity contribution in [1.82, 2.24) is 15.0 Å². The predicted octanol–water partition coefficient (Wildman–Crippen LogP) is 5.09. The lowest BCUT2D eigenvalue weighted by atomic mass is 9.90. The van der Waals surface area contributed by atoms with Crippen LogP contribution in [0.2, 0.25) is 0 Å². The summed E-state index contributed by atoms with van der Waals surface area (Å²) in [6.07, 6.45) is 6.85. The molecule has 1 aliphatic carbocycles. The first-order valence-corrected chi connectivity index (χ1v) is 9.36. The van der Waals surface area contributed by atoms with Crippen molar-refractivity contribution in [2.45, 2.75) is 40.5 Å². The lowest BCUT2D eigenvalue weighted by molar-refractivity contribution is 0.720. The van der Waals surface area contributed by atoms with Gasteiger partial charge >= 0.3 is 0 Å². The maximum Gasteiger partial charge on any atom is 0.121 e. The van der Waals surface area contributed by atoms with E-state index < -0.39 is 0 Å². The SMILES string of the molecule is CC.CC.CN1CC2=CCCC=C2c2nnn(C)c2-c2ccccc21. The second-order valence-corrected chi connectivity index (χ2v) is 5.71. The lowest BCUT2D eigenvalue weighted by Crippen LogP contribution is -2.24. The van der Waals surface area contributed by atoms with Crippen molar-refractivity contribution in [1.29, 1.82) is 0 Å². The first-order valence-electron chi connectivity index (χ1n) is 9.36. The number of allylic oxidation sites excluding steroid dienone is 2. The Hall–Kier alpha value is -2.36. The standard InChI is InChI=1S/C17H18N4.2C2H6/c1-20-11-12-7-3-4-8-13(12)16-17(21(2)19-18-16)14-9-5-6-10-15(14)20;2*1-2/h5-10H,3-4,11H2,1-2H3;2*1-2H3. The molecular formula is C21H30N4. The van der Waals surface area contributed by atoms with Crippen LogP contribution >= 0.6 is 0 Å². The van der Waals surface area contributed by atoms with Gasteiger partial charge in [-0.1, -0.05) is 63.3 Å². The number of hydrogen-bond donors (Lipinski definition) is 0. The first kappa shape index (κ1) is 19.0. The molecule has 25 heavy (non-hydrogen) atoms. The zero-order valence-electron chi connectivity index (χ0n) is 16.4. The highest BCUT2D eigenvalue weighted by Gasteiger charge is 2.26. The van der Waals surface area contributed by atoms with Gasteiger partial charge in [-0.05, 0) is 24.5 Å². The van der Waals surface area contributed by atoms with Crippen molar-refractivity contribution < 1.29 is 0 Å². The number of anilines is 1. The van der Waals surface area contributed by atoms with E-state index in [1.165, 1.54) is 22.4 Å². The van der Waals surface area contributed by atoms with Gasteiger partial charge in [0.25, 0.3) is 0 Å². The molecule has 2 aromatic rings. The predicted molar refractivity (Wildman–Crippen MR) is 108 cm³/mol. The van der Waals surface area contributed by atoms with Crippen molar-refractivity contribution in [2.24, 2.45) is 7.05 Å². The third-order valence-corrected chi connectivity index (χ3v) is 4.31. The smallest absolute Gasteiger partial charge is 0.121 e. The van der Waals surface area contributed by atoms with E-state index in [2.05, 4.69) is 58.7 Å². The number of benzene rings is 1. The van der Waals surface area contributed by atoms with Crippen molar-refractivity contribution in [3.63, 3.8) is 0 Å². The summed E-state index contributed by atoms with van der Waals surface area (Å²) < 4.78 is 1.89. The summed E-state index contributed by atoms with van der Waals surface area (Å²) >= 11 is 0. The second kappa shape index (κ2) is 8.65. The van der Waals surface area contributed by atoms with Crippen LogP contribution in [0, 0.1) is 0 Å². The van der Waals surface area contributed by atoms with E-state index >= 15 is 0 Å². The van der Waals surface area contributed by atoms with Gasteiger partial charge in [-0.2, -0.15) is 0 Å². The van der Waals surface area contributed by atoms with Crippen LogP contribution in [0.15, 0.2) is 42.0 Å². The van der Waals surface area contributed by atoms with Crippen LogP contribution < -0.4 is 4.90 Å². The van der Waals surface area contributed by atoms with E-state index in [0.717, 1.165) is 30.8 Å². The number of aryl methyl sites for hydroxylation is 1. The molecule has 0 unspecified atom stereocenters. The second-order valence-electron chi connectivity index (χ2n) is 5.71. The zero-order chi connectivity index (χ0) is 18.4. The molecule has 134 valence electrons. The number of rotatable bonds is 0. The Morgan fingerprint density at radius 3 is 2.36 bits per heavy atom. The van der Waals surface area contributed by atoms with Gasteiger partial charge in [0.2, 0.25) is 0 Å². The minimum Gasteiger partial charge on any atom is -0.370 e. The summed E-state index contributed by atoms with van der Waals surface area (Å²) in [5.74, 6) is 0. The molecule has 0 radical (unpaired) electrons. The quantitative estimate of drug-likeness (QED) is 0.671. The molecule has 4 nitrogen and oxygen atoms in total. The van der Waals surface area contributed by atoms with Crippen molar-refractivity contribution in [2.75, 3.05) is 18.5 Å². The van der Waals surface area contributed by atoms with Crippen molar-refractivity contribution in [3.8, 4) is 11.3 Å². The molecule has 1 aromatic heterocycles. The fourth-order valence-corrected chi connectivity index (χ4v) is 3.31. The van der Waals surface area contributed by atoms with Gasteiger partial charge in [-0.25, -0.2) is 4.68 Å². The van der Waals surface area contributed by atoms with Gasteiger partial charge in [-0.15, -0.1) is 5.10 Å². The maximum absolute atomic E-state index is 4.45. The Morgan fingerprint density at radius 2 is 1.60 bits per heavy atom. The van der Waals surface area contributed by atoms with E-state index in [1.54, 1.807) is 0 Å². The molecule has 0 N–H and O–H groups in total. The Kier molecular flexibility index (Phi) is 6.57. The number of aromatic nitrogens is 3. The summed E-state index contributed by atoms with van der Waals surface area (Å²) in [6, 6.07) is 8.50. The molecule has 1 aromatic carbocycles. The third-order valence-electron chi connectivity index (χ3n) is 4.31. The highest BCUT2D eigenvalue weighted by molar-refractivity contribution is 5.91. The average Bonchev–Trinajstić information content (AvgIpc) is 3.05. The molecular weight excluding hydrogens is 308 g/mol. The molecule has 0 amide bonds. The Bertz CT molecular complexity index is 768. The Labute approximate surface area is 151 Å². The van der Waals surface area contributed by atoms with E-state index in [4.69, 9.17) is 0 Å². The molecule has 4 heteroatoms. The average molecular weight is 338 g/mol. The normalized spacial score (nSPS) is 14.7. The fourth-order valence-electron chi connectivity index (χ4n) is 3.31. The zero-order valence-corrected chi connectivity index (χ0v) is 16.4. The summed E-state index contributed by atoms with van der Waals surface area (Å²) in [5, 5.41) is 8.73. The van der Waals surface area contributed by atoms with Crippen LogP contribution in [0.3, 0.4) is 0 Å². The minimum absolute atomic E-state index is 0.916. The van der Waals surface area contributed by atoms with Gasteiger partial charge < -0.3 is 4.90 Å². The van der Waals surface area contributed by atoms with E-state index in [0.29, 0.717) is 0 Å².